The number of halogens is 3. The average molecular weight is 458 g/mol. The molecule has 0 amide bonds. The van der Waals surface area contributed by atoms with Gasteiger partial charge in [0.15, 0.2) is 5.76 Å². The zero-order valence-electron chi connectivity index (χ0n) is 17.6. The van der Waals surface area contributed by atoms with Crippen molar-refractivity contribution in [1.29, 1.82) is 0 Å². The van der Waals surface area contributed by atoms with E-state index in [2.05, 4.69) is 27.4 Å². The fraction of sp³-hybridized carbons (Fsp3) is 0.167. The molecule has 166 valence electrons. The first-order valence-electron chi connectivity index (χ1n) is 10.0. The predicted octanol–water partition coefficient (Wildman–Crippen LogP) is 7.82. The quantitative estimate of drug-likeness (QED) is 0.299. The molecule has 0 aliphatic carbocycles. The maximum atomic E-state index is 12.7. The lowest BCUT2D eigenvalue weighted by atomic mass is 10.1. The molecule has 0 bridgehead atoms. The van der Waals surface area contributed by atoms with Crippen molar-refractivity contribution in [2.75, 3.05) is 5.32 Å². The molecule has 0 fully saturated rings. The third kappa shape index (κ3) is 6.37. The molecule has 1 N–H and O–H groups in total. The third-order valence-electron chi connectivity index (χ3n) is 4.22. The molecular formula is C24H22F3N3OS. The summed E-state index contributed by atoms with van der Waals surface area (Å²) in [6, 6.07) is 18.9. The van der Waals surface area contributed by atoms with Gasteiger partial charge in [-0.05, 0) is 29.8 Å². The summed E-state index contributed by atoms with van der Waals surface area (Å²) in [6.45, 7) is 4.00. The molecule has 0 aliphatic rings. The third-order valence-corrected chi connectivity index (χ3v) is 5.23. The van der Waals surface area contributed by atoms with Crippen LogP contribution in [0, 0.1) is 0 Å². The van der Waals surface area contributed by atoms with Crippen LogP contribution >= 0.6 is 11.8 Å². The van der Waals surface area contributed by atoms with Crippen LogP contribution in [0.25, 0.3) is 11.3 Å². The summed E-state index contributed by atoms with van der Waals surface area (Å²) < 4.78 is 43.6. The highest BCUT2D eigenvalue weighted by Crippen LogP contribution is 2.32. The Hall–Kier alpha value is -3.26. The van der Waals surface area contributed by atoms with Gasteiger partial charge < -0.3 is 9.73 Å². The van der Waals surface area contributed by atoms with Crippen molar-refractivity contribution in [3.05, 3.63) is 90.3 Å². The smallest absolute Gasteiger partial charge is 0.416 e. The van der Waals surface area contributed by atoms with Crippen LogP contribution in [-0.2, 0) is 11.9 Å². The number of nitrogens with zero attached hydrogens (tertiary/aromatic N) is 2. The van der Waals surface area contributed by atoms with Crippen LogP contribution in [0.5, 0.6) is 0 Å². The molecule has 0 radical (unpaired) electrons. The van der Waals surface area contributed by atoms with Gasteiger partial charge in [-0.3, -0.25) is 0 Å². The van der Waals surface area contributed by atoms with Gasteiger partial charge in [0.05, 0.1) is 28.7 Å². The van der Waals surface area contributed by atoms with E-state index in [9.17, 15) is 13.2 Å². The normalized spacial score (nSPS) is 10.9. The Kier molecular flexibility index (Phi) is 7.94. The monoisotopic (exact) mass is 457 g/mol. The summed E-state index contributed by atoms with van der Waals surface area (Å²) in [5.41, 5.74) is 1.72. The largest absolute Gasteiger partial charge is 0.423 e. The molecule has 0 saturated heterocycles. The molecule has 0 aliphatic heterocycles. The van der Waals surface area contributed by atoms with E-state index in [0.717, 1.165) is 22.9 Å². The second-order valence-corrected chi connectivity index (χ2v) is 7.38. The average Bonchev–Trinajstić information content (AvgIpc) is 3.29. The Morgan fingerprint density at radius 1 is 0.875 bits per heavy atom. The first-order chi connectivity index (χ1) is 15.5. The van der Waals surface area contributed by atoms with Crippen molar-refractivity contribution in [2.24, 2.45) is 0 Å². The first kappa shape index (κ1) is 23.4. The number of hydrogen-bond acceptors (Lipinski definition) is 5. The van der Waals surface area contributed by atoms with Gasteiger partial charge in [0.1, 0.15) is 0 Å². The highest BCUT2D eigenvalue weighted by Gasteiger charge is 2.30. The highest BCUT2D eigenvalue weighted by atomic mass is 32.2. The van der Waals surface area contributed by atoms with Crippen LogP contribution in [0.4, 0.5) is 24.9 Å². The van der Waals surface area contributed by atoms with Crippen molar-refractivity contribution in [3.8, 4) is 11.3 Å². The summed E-state index contributed by atoms with van der Waals surface area (Å²) in [4.78, 5) is 8.54. The van der Waals surface area contributed by atoms with E-state index in [1.165, 1.54) is 23.9 Å². The maximum absolute atomic E-state index is 12.7. The topological polar surface area (TPSA) is 51.0 Å². The number of alkyl halides is 3. The second-order valence-electron chi connectivity index (χ2n) is 6.39. The molecule has 2 aromatic heterocycles. The SMILES string of the molecule is CC.FC(F)(F)c1ccc(-c2cnc(Nc3ccc(SCc4ccccc4)nc3)o2)cc1. The van der Waals surface area contributed by atoms with Gasteiger partial charge in [-0.25, -0.2) is 9.97 Å². The fourth-order valence-electron chi connectivity index (χ4n) is 2.68. The summed E-state index contributed by atoms with van der Waals surface area (Å²) in [6.07, 6.45) is -1.23. The van der Waals surface area contributed by atoms with E-state index in [1.54, 1.807) is 18.0 Å². The molecular weight excluding hydrogens is 435 g/mol. The highest BCUT2D eigenvalue weighted by molar-refractivity contribution is 7.98. The minimum absolute atomic E-state index is 0.233. The molecule has 4 rings (SSSR count). The van der Waals surface area contributed by atoms with Crippen LogP contribution < -0.4 is 5.32 Å². The predicted molar refractivity (Wildman–Crippen MR) is 122 cm³/mol. The number of aromatic nitrogens is 2. The number of benzene rings is 2. The van der Waals surface area contributed by atoms with E-state index in [4.69, 9.17) is 4.42 Å². The molecule has 2 heterocycles. The fourth-order valence-corrected chi connectivity index (χ4v) is 3.48. The van der Waals surface area contributed by atoms with Crippen LogP contribution in [0.15, 0.2) is 88.6 Å². The van der Waals surface area contributed by atoms with Gasteiger partial charge in [-0.2, -0.15) is 13.2 Å². The van der Waals surface area contributed by atoms with Crippen LogP contribution in [-0.4, -0.2) is 9.97 Å². The Labute approximate surface area is 188 Å². The number of nitrogens with one attached hydrogen (secondary N) is 1. The summed E-state index contributed by atoms with van der Waals surface area (Å²) >= 11 is 1.63. The molecule has 0 unspecified atom stereocenters. The van der Waals surface area contributed by atoms with Crippen molar-refractivity contribution < 1.29 is 17.6 Å². The number of anilines is 2. The Balaban J connectivity index is 0.00000141. The Bertz CT molecular complexity index is 1100. The lowest BCUT2D eigenvalue weighted by Crippen LogP contribution is -2.03. The standard InChI is InChI=1S/C22H16F3N3OS.C2H6/c23-22(24,25)17-8-6-16(7-9-17)19-13-27-21(29-19)28-18-10-11-20(26-12-18)30-14-15-4-2-1-3-5-15;1-2/h1-13H,14H2,(H,27,28);1-2H3. The van der Waals surface area contributed by atoms with Crippen LogP contribution in [0.1, 0.15) is 25.0 Å². The molecule has 4 aromatic rings. The molecule has 2 aromatic carbocycles. The number of hydrogen-bond donors (Lipinski definition) is 1. The molecule has 32 heavy (non-hydrogen) atoms. The van der Waals surface area contributed by atoms with Crippen molar-refractivity contribution >= 4 is 23.5 Å². The number of thioether (sulfide) groups is 1. The van der Waals surface area contributed by atoms with Crippen LogP contribution in [0.3, 0.4) is 0 Å². The van der Waals surface area contributed by atoms with Gasteiger partial charge in [0.25, 0.3) is 6.01 Å². The zero-order chi connectivity index (χ0) is 23.0. The number of pyridine rings is 1. The van der Waals surface area contributed by atoms with E-state index in [1.807, 2.05) is 44.2 Å². The Morgan fingerprint density at radius 2 is 1.59 bits per heavy atom. The zero-order valence-corrected chi connectivity index (χ0v) is 18.4. The minimum Gasteiger partial charge on any atom is -0.423 e. The van der Waals surface area contributed by atoms with Gasteiger partial charge in [-0.1, -0.05) is 56.3 Å². The van der Waals surface area contributed by atoms with Gasteiger partial charge in [-0.15, -0.1) is 11.8 Å². The lowest BCUT2D eigenvalue weighted by Gasteiger charge is -2.06. The first-order valence-corrected chi connectivity index (χ1v) is 11.0. The van der Waals surface area contributed by atoms with Gasteiger partial charge in [0, 0.05) is 11.3 Å². The van der Waals surface area contributed by atoms with E-state index in [-0.39, 0.29) is 6.01 Å². The van der Waals surface area contributed by atoms with Crippen LogP contribution in [0.2, 0.25) is 0 Å². The lowest BCUT2D eigenvalue weighted by molar-refractivity contribution is -0.137. The summed E-state index contributed by atoms with van der Waals surface area (Å²) in [7, 11) is 0. The van der Waals surface area contributed by atoms with Crippen molar-refractivity contribution in [2.45, 2.75) is 30.8 Å². The van der Waals surface area contributed by atoms with E-state index >= 15 is 0 Å². The van der Waals surface area contributed by atoms with E-state index < -0.39 is 11.7 Å². The summed E-state index contributed by atoms with van der Waals surface area (Å²) in [5.74, 6) is 1.20. The molecule has 4 nitrogen and oxygen atoms in total. The van der Waals surface area contributed by atoms with Crippen molar-refractivity contribution in [1.82, 2.24) is 9.97 Å². The number of rotatable bonds is 6. The molecule has 0 saturated carbocycles. The summed E-state index contributed by atoms with van der Waals surface area (Å²) in [5, 5.41) is 3.89. The molecule has 8 heteroatoms. The van der Waals surface area contributed by atoms with Gasteiger partial charge >= 0.3 is 6.18 Å². The van der Waals surface area contributed by atoms with Gasteiger partial charge in [0.2, 0.25) is 0 Å². The molecule has 0 atom stereocenters. The Morgan fingerprint density at radius 3 is 2.22 bits per heavy atom. The van der Waals surface area contributed by atoms with E-state index in [0.29, 0.717) is 17.0 Å². The second kappa shape index (κ2) is 10.9. The molecule has 0 spiro atoms. The minimum atomic E-state index is -4.37. The maximum Gasteiger partial charge on any atom is 0.416 e. The number of oxazole rings is 1. The van der Waals surface area contributed by atoms with Crippen molar-refractivity contribution in [3.63, 3.8) is 0 Å².